The standard InChI is InChI=1S/C58H37N3O/c1-5-17-38(18-6-1)40-21-15-22-43(35-40)56-59-55(39-19-7-2-8-20-39)60-57(61-56)48-28-16-30-53-54(48)49-36-41(32-34-52(49)62-53)42-31-33-47-46-27-13-14-29-50(46)58(51(47)37-42,44-23-9-3-10-24-44)45-25-11-4-12-26-45/h1-37H. The Labute approximate surface area is 359 Å². The van der Waals surface area contributed by atoms with Crippen molar-refractivity contribution in [3.8, 4) is 67.5 Å². The second kappa shape index (κ2) is 14.5. The molecule has 0 radical (unpaired) electrons. The number of hydrogen-bond acceptors (Lipinski definition) is 4. The summed E-state index contributed by atoms with van der Waals surface area (Å²) in [6, 6.07) is 79.4. The summed E-state index contributed by atoms with van der Waals surface area (Å²) in [5.74, 6) is 1.81. The third-order valence-corrected chi connectivity index (χ3v) is 12.4. The van der Waals surface area contributed by atoms with Gasteiger partial charge in [-0.3, -0.25) is 0 Å². The van der Waals surface area contributed by atoms with Crippen LogP contribution in [0.3, 0.4) is 0 Å². The van der Waals surface area contributed by atoms with Crippen molar-refractivity contribution in [2.45, 2.75) is 5.41 Å². The molecule has 1 aliphatic carbocycles. The summed E-state index contributed by atoms with van der Waals surface area (Å²) in [5, 5.41) is 1.97. The van der Waals surface area contributed by atoms with E-state index in [4.69, 9.17) is 19.4 Å². The van der Waals surface area contributed by atoms with E-state index in [-0.39, 0.29) is 0 Å². The first-order chi connectivity index (χ1) is 30.7. The van der Waals surface area contributed by atoms with Gasteiger partial charge < -0.3 is 4.42 Å². The van der Waals surface area contributed by atoms with E-state index >= 15 is 0 Å². The minimum atomic E-state index is -0.489. The molecular weight excluding hydrogens is 755 g/mol. The van der Waals surface area contributed by atoms with Gasteiger partial charge in [0.2, 0.25) is 0 Å². The lowest BCUT2D eigenvalue weighted by atomic mass is 9.67. The van der Waals surface area contributed by atoms with Crippen LogP contribution in [-0.4, -0.2) is 15.0 Å². The highest BCUT2D eigenvalue weighted by molar-refractivity contribution is 6.13. The van der Waals surface area contributed by atoms with Crippen LogP contribution in [0.4, 0.5) is 0 Å². The molecular formula is C58H37N3O. The van der Waals surface area contributed by atoms with Crippen LogP contribution >= 0.6 is 0 Å². The zero-order valence-corrected chi connectivity index (χ0v) is 33.6. The first-order valence-corrected chi connectivity index (χ1v) is 21.0. The minimum Gasteiger partial charge on any atom is -0.456 e. The van der Waals surface area contributed by atoms with Gasteiger partial charge in [0.25, 0.3) is 0 Å². The first-order valence-electron chi connectivity index (χ1n) is 21.0. The summed E-state index contributed by atoms with van der Waals surface area (Å²) < 4.78 is 6.59. The van der Waals surface area contributed by atoms with E-state index in [0.29, 0.717) is 17.5 Å². The van der Waals surface area contributed by atoms with Gasteiger partial charge in [0.05, 0.1) is 5.41 Å². The Bertz CT molecular complexity index is 3410. The van der Waals surface area contributed by atoms with Gasteiger partial charge in [0, 0.05) is 27.5 Å². The Morgan fingerprint density at radius 2 is 0.823 bits per heavy atom. The fraction of sp³-hybridized carbons (Fsp3) is 0.0172. The Balaban J connectivity index is 1.04. The van der Waals surface area contributed by atoms with E-state index in [1.165, 1.54) is 33.4 Å². The van der Waals surface area contributed by atoms with Crippen molar-refractivity contribution in [1.82, 2.24) is 15.0 Å². The summed E-state index contributed by atoms with van der Waals surface area (Å²) in [6.07, 6.45) is 0. The maximum absolute atomic E-state index is 6.59. The topological polar surface area (TPSA) is 51.8 Å². The van der Waals surface area contributed by atoms with Crippen LogP contribution < -0.4 is 0 Å². The maximum atomic E-state index is 6.59. The van der Waals surface area contributed by atoms with E-state index in [1.807, 2.05) is 48.5 Å². The van der Waals surface area contributed by atoms with Gasteiger partial charge in [0.15, 0.2) is 17.5 Å². The van der Waals surface area contributed by atoms with Crippen LogP contribution in [0, 0.1) is 0 Å². The predicted molar refractivity (Wildman–Crippen MR) is 252 cm³/mol. The molecule has 0 saturated heterocycles. The van der Waals surface area contributed by atoms with Gasteiger partial charge in [-0.1, -0.05) is 194 Å². The molecule has 0 spiro atoms. The number of hydrogen-bond donors (Lipinski definition) is 0. The molecule has 0 unspecified atom stereocenters. The van der Waals surface area contributed by atoms with Crippen LogP contribution in [-0.2, 0) is 5.41 Å². The van der Waals surface area contributed by atoms with Gasteiger partial charge in [-0.2, -0.15) is 0 Å². The van der Waals surface area contributed by atoms with Crippen molar-refractivity contribution in [2.24, 2.45) is 0 Å². The van der Waals surface area contributed by atoms with Crippen LogP contribution in [0.1, 0.15) is 22.3 Å². The van der Waals surface area contributed by atoms with Gasteiger partial charge in [-0.05, 0) is 86.0 Å². The van der Waals surface area contributed by atoms with E-state index in [0.717, 1.165) is 60.9 Å². The molecule has 0 saturated carbocycles. The first kappa shape index (κ1) is 35.7. The van der Waals surface area contributed by atoms with E-state index in [9.17, 15) is 0 Å². The predicted octanol–water partition coefficient (Wildman–Crippen LogP) is 14.5. The van der Waals surface area contributed by atoms with Gasteiger partial charge in [-0.25, -0.2) is 15.0 Å². The molecule has 1 aliphatic rings. The Kier molecular flexibility index (Phi) is 8.36. The molecule has 9 aromatic carbocycles. The lowest BCUT2D eigenvalue weighted by Crippen LogP contribution is -2.28. The van der Waals surface area contributed by atoms with Crippen LogP contribution in [0.2, 0.25) is 0 Å². The molecule has 2 aromatic heterocycles. The largest absolute Gasteiger partial charge is 0.456 e. The molecule has 0 amide bonds. The smallest absolute Gasteiger partial charge is 0.164 e. The lowest BCUT2D eigenvalue weighted by molar-refractivity contribution is 0.669. The van der Waals surface area contributed by atoms with Gasteiger partial charge in [-0.15, -0.1) is 0 Å². The molecule has 4 heteroatoms. The number of aromatic nitrogens is 3. The van der Waals surface area contributed by atoms with E-state index in [1.54, 1.807) is 0 Å². The SMILES string of the molecule is c1ccc(-c2cccc(-c3nc(-c4ccccc4)nc(-c4cccc5oc6ccc(-c7ccc8c(c7)C(c7ccccc7)(c7ccccc7)c7ccccc7-8)cc6c45)n3)c2)cc1. The average Bonchev–Trinajstić information content (AvgIpc) is 3.88. The Hall–Kier alpha value is -8.21. The molecule has 2 heterocycles. The number of fused-ring (bicyclic) bond motifs is 6. The van der Waals surface area contributed by atoms with Crippen molar-refractivity contribution in [2.75, 3.05) is 0 Å². The number of rotatable bonds is 7. The minimum absolute atomic E-state index is 0.489. The number of furan rings is 1. The van der Waals surface area contributed by atoms with Gasteiger partial charge >= 0.3 is 0 Å². The Morgan fingerprint density at radius 3 is 1.56 bits per heavy atom. The van der Waals surface area contributed by atoms with E-state index < -0.39 is 5.41 Å². The zero-order chi connectivity index (χ0) is 41.0. The molecule has 12 rings (SSSR count). The normalized spacial score (nSPS) is 12.6. The fourth-order valence-electron chi connectivity index (χ4n) is 9.63. The quantitative estimate of drug-likeness (QED) is 0.161. The molecule has 11 aromatic rings. The third kappa shape index (κ3) is 5.72. The summed E-state index contributed by atoms with van der Waals surface area (Å²) in [7, 11) is 0. The van der Waals surface area contributed by atoms with Crippen LogP contribution in [0.5, 0.6) is 0 Å². The second-order valence-corrected chi connectivity index (χ2v) is 15.9. The number of benzene rings is 9. The monoisotopic (exact) mass is 791 g/mol. The highest BCUT2D eigenvalue weighted by Crippen LogP contribution is 2.56. The second-order valence-electron chi connectivity index (χ2n) is 15.9. The Morgan fingerprint density at radius 1 is 0.306 bits per heavy atom. The molecule has 290 valence electrons. The lowest BCUT2D eigenvalue weighted by Gasteiger charge is -2.34. The summed E-state index contributed by atoms with van der Waals surface area (Å²) >= 11 is 0. The molecule has 0 aliphatic heterocycles. The molecule has 0 bridgehead atoms. The molecule has 0 atom stereocenters. The summed E-state index contributed by atoms with van der Waals surface area (Å²) in [4.78, 5) is 15.5. The fourth-order valence-corrected chi connectivity index (χ4v) is 9.63. The molecule has 0 fully saturated rings. The van der Waals surface area contributed by atoms with Crippen molar-refractivity contribution in [3.63, 3.8) is 0 Å². The molecule has 62 heavy (non-hydrogen) atoms. The van der Waals surface area contributed by atoms with E-state index in [2.05, 4.69) is 176 Å². The van der Waals surface area contributed by atoms with Crippen molar-refractivity contribution in [1.29, 1.82) is 0 Å². The van der Waals surface area contributed by atoms with Gasteiger partial charge in [0.1, 0.15) is 11.2 Å². The summed E-state index contributed by atoms with van der Waals surface area (Å²) in [6.45, 7) is 0. The zero-order valence-electron chi connectivity index (χ0n) is 33.6. The van der Waals surface area contributed by atoms with Crippen LogP contribution in [0.25, 0.3) is 89.5 Å². The van der Waals surface area contributed by atoms with Crippen LogP contribution in [0.15, 0.2) is 229 Å². The number of nitrogens with zero attached hydrogens (tertiary/aromatic N) is 3. The average molecular weight is 792 g/mol. The molecule has 0 N–H and O–H groups in total. The van der Waals surface area contributed by atoms with Crippen molar-refractivity contribution >= 4 is 21.9 Å². The highest BCUT2D eigenvalue weighted by atomic mass is 16.3. The highest BCUT2D eigenvalue weighted by Gasteiger charge is 2.46. The van der Waals surface area contributed by atoms with Crippen molar-refractivity contribution < 1.29 is 4.42 Å². The molecule has 4 nitrogen and oxygen atoms in total. The van der Waals surface area contributed by atoms with Crippen molar-refractivity contribution in [3.05, 3.63) is 247 Å². The summed E-state index contributed by atoms with van der Waals surface area (Å²) in [5.41, 5.74) is 15.9. The maximum Gasteiger partial charge on any atom is 0.164 e. The third-order valence-electron chi connectivity index (χ3n) is 12.4.